The molecule has 1 aliphatic heterocycles. The third kappa shape index (κ3) is 8.23. The maximum atomic E-state index is 3.57. The zero-order valence-electron chi connectivity index (χ0n) is 14.5. The van der Waals surface area contributed by atoms with E-state index in [4.69, 9.17) is 0 Å². The van der Waals surface area contributed by atoms with Crippen molar-refractivity contribution in [2.75, 3.05) is 39.8 Å². The number of nitrogens with zero attached hydrogens (tertiary/aromatic N) is 2. The Balaban J connectivity index is 2.03. The van der Waals surface area contributed by atoms with E-state index in [9.17, 15) is 0 Å². The molecule has 0 radical (unpaired) electrons. The van der Waals surface area contributed by atoms with Crippen molar-refractivity contribution in [1.29, 1.82) is 0 Å². The average molecular weight is 284 g/mol. The highest BCUT2D eigenvalue weighted by Gasteiger charge is 2.18. The van der Waals surface area contributed by atoms with Crippen molar-refractivity contribution >= 4 is 0 Å². The smallest absolute Gasteiger partial charge is 0.0194 e. The van der Waals surface area contributed by atoms with Gasteiger partial charge in [-0.3, -0.25) is 4.90 Å². The summed E-state index contributed by atoms with van der Waals surface area (Å²) in [6.07, 6.45) is 6.76. The van der Waals surface area contributed by atoms with Crippen LogP contribution >= 0.6 is 0 Å². The minimum absolute atomic E-state index is 0.271. The van der Waals surface area contributed by atoms with Gasteiger partial charge in [0.1, 0.15) is 0 Å². The van der Waals surface area contributed by atoms with Crippen LogP contribution in [0.4, 0.5) is 0 Å². The lowest BCUT2D eigenvalue weighted by molar-refractivity contribution is 0.198. The van der Waals surface area contributed by atoms with Gasteiger partial charge in [0, 0.05) is 18.1 Å². The van der Waals surface area contributed by atoms with Crippen LogP contribution in [0.3, 0.4) is 0 Å². The Morgan fingerprint density at radius 3 is 2.45 bits per heavy atom. The summed E-state index contributed by atoms with van der Waals surface area (Å²) in [5.41, 5.74) is 0.271. The first-order valence-corrected chi connectivity index (χ1v) is 8.56. The highest BCUT2D eigenvalue weighted by Crippen LogP contribution is 2.11. The lowest BCUT2D eigenvalue weighted by Crippen LogP contribution is -2.38. The molecule has 3 nitrogen and oxygen atoms in total. The molecule has 0 amide bonds. The third-order valence-corrected chi connectivity index (χ3v) is 4.21. The van der Waals surface area contributed by atoms with Gasteiger partial charge < -0.3 is 10.2 Å². The minimum atomic E-state index is 0.271. The summed E-state index contributed by atoms with van der Waals surface area (Å²) in [7, 11) is 2.25. The maximum Gasteiger partial charge on any atom is 0.0194 e. The van der Waals surface area contributed by atoms with Gasteiger partial charge in [0.25, 0.3) is 0 Å². The van der Waals surface area contributed by atoms with Crippen molar-refractivity contribution in [3.8, 4) is 0 Å². The van der Waals surface area contributed by atoms with Crippen molar-refractivity contribution in [3.05, 3.63) is 0 Å². The molecule has 0 aliphatic carbocycles. The van der Waals surface area contributed by atoms with E-state index in [-0.39, 0.29) is 5.54 Å². The number of likely N-dealkylation sites (N-methyl/N-ethyl adjacent to an activating group) is 1. The number of nitrogens with one attached hydrogen (secondary N) is 1. The number of rotatable bonds is 7. The molecule has 1 rings (SSSR count). The predicted molar refractivity (Wildman–Crippen MR) is 89.4 cm³/mol. The first kappa shape index (κ1) is 17.9. The van der Waals surface area contributed by atoms with Crippen molar-refractivity contribution in [2.24, 2.45) is 0 Å². The van der Waals surface area contributed by atoms with E-state index in [0.717, 1.165) is 12.6 Å². The van der Waals surface area contributed by atoms with Crippen molar-refractivity contribution in [2.45, 2.75) is 71.4 Å². The van der Waals surface area contributed by atoms with Gasteiger partial charge in [0.2, 0.25) is 0 Å². The molecular weight excluding hydrogens is 246 g/mol. The second kappa shape index (κ2) is 9.01. The van der Waals surface area contributed by atoms with Crippen LogP contribution in [-0.2, 0) is 0 Å². The molecule has 1 atom stereocenters. The molecule has 1 fully saturated rings. The summed E-state index contributed by atoms with van der Waals surface area (Å²) in [4.78, 5) is 5.17. The molecule has 1 aliphatic rings. The molecule has 1 saturated heterocycles. The Morgan fingerprint density at radius 2 is 1.75 bits per heavy atom. The van der Waals surface area contributed by atoms with Crippen LogP contribution < -0.4 is 5.32 Å². The third-order valence-electron chi connectivity index (χ3n) is 4.21. The standard InChI is InChI=1S/C17H37N3/c1-16-15-19(5)12-10-14-20(16)13-9-7-6-8-11-18-17(2,3)4/h16,18H,6-15H2,1-5H3. The first-order valence-electron chi connectivity index (χ1n) is 8.56. The molecule has 1 unspecified atom stereocenters. The number of hydrogen-bond acceptors (Lipinski definition) is 3. The molecule has 0 aromatic rings. The van der Waals surface area contributed by atoms with E-state index >= 15 is 0 Å². The predicted octanol–water partition coefficient (Wildman–Crippen LogP) is 2.96. The van der Waals surface area contributed by atoms with Crippen molar-refractivity contribution in [1.82, 2.24) is 15.1 Å². The molecule has 0 bridgehead atoms. The quantitative estimate of drug-likeness (QED) is 0.725. The summed E-state index contributed by atoms with van der Waals surface area (Å²) < 4.78 is 0. The van der Waals surface area contributed by atoms with Crippen molar-refractivity contribution < 1.29 is 0 Å². The van der Waals surface area contributed by atoms with Crippen LogP contribution in [0.25, 0.3) is 0 Å². The Morgan fingerprint density at radius 1 is 1.05 bits per heavy atom. The van der Waals surface area contributed by atoms with Gasteiger partial charge in [-0.25, -0.2) is 0 Å². The monoisotopic (exact) mass is 283 g/mol. The zero-order chi connectivity index (χ0) is 15.0. The van der Waals surface area contributed by atoms with E-state index in [0.29, 0.717) is 0 Å². The normalized spacial score (nSPS) is 22.9. The molecule has 0 aromatic heterocycles. The summed E-state index contributed by atoms with van der Waals surface area (Å²) in [5.74, 6) is 0. The van der Waals surface area contributed by atoms with Gasteiger partial charge >= 0.3 is 0 Å². The van der Waals surface area contributed by atoms with Gasteiger partial charge in [0.15, 0.2) is 0 Å². The van der Waals surface area contributed by atoms with Crippen LogP contribution in [0, 0.1) is 0 Å². The van der Waals surface area contributed by atoms with E-state index < -0.39 is 0 Å². The summed E-state index contributed by atoms with van der Waals surface area (Å²) in [5, 5.41) is 3.57. The minimum Gasteiger partial charge on any atom is -0.312 e. The number of hydrogen-bond donors (Lipinski definition) is 1. The van der Waals surface area contributed by atoms with E-state index in [2.05, 4.69) is 49.9 Å². The maximum absolute atomic E-state index is 3.57. The topological polar surface area (TPSA) is 18.5 Å². The fourth-order valence-electron chi connectivity index (χ4n) is 3.01. The van der Waals surface area contributed by atoms with Gasteiger partial charge in [-0.15, -0.1) is 0 Å². The summed E-state index contributed by atoms with van der Waals surface area (Å²) in [6, 6.07) is 0.727. The zero-order valence-corrected chi connectivity index (χ0v) is 14.5. The molecule has 120 valence electrons. The molecule has 1 heterocycles. The Bertz CT molecular complexity index is 247. The fourth-order valence-corrected chi connectivity index (χ4v) is 3.01. The van der Waals surface area contributed by atoms with Crippen LogP contribution in [0.1, 0.15) is 59.8 Å². The van der Waals surface area contributed by atoms with Crippen molar-refractivity contribution in [3.63, 3.8) is 0 Å². The van der Waals surface area contributed by atoms with Crippen LogP contribution in [0.5, 0.6) is 0 Å². The molecule has 1 N–H and O–H groups in total. The van der Waals surface area contributed by atoms with Gasteiger partial charge in [0.05, 0.1) is 0 Å². The van der Waals surface area contributed by atoms with Crippen LogP contribution in [0.2, 0.25) is 0 Å². The summed E-state index contributed by atoms with van der Waals surface area (Å²) >= 11 is 0. The van der Waals surface area contributed by atoms with Crippen LogP contribution in [-0.4, -0.2) is 61.2 Å². The average Bonchev–Trinajstić information content (AvgIpc) is 2.48. The summed E-state index contributed by atoms with van der Waals surface area (Å²) in [6.45, 7) is 15.3. The first-order chi connectivity index (χ1) is 9.38. The van der Waals surface area contributed by atoms with Gasteiger partial charge in [-0.2, -0.15) is 0 Å². The SMILES string of the molecule is CC1CN(C)CCCN1CCCCCCNC(C)(C)C. The molecule has 3 heteroatoms. The van der Waals surface area contributed by atoms with Crippen LogP contribution in [0.15, 0.2) is 0 Å². The molecule has 0 spiro atoms. The van der Waals surface area contributed by atoms with Gasteiger partial charge in [-0.1, -0.05) is 12.8 Å². The van der Waals surface area contributed by atoms with Gasteiger partial charge in [-0.05, 0) is 80.2 Å². The Labute approximate surface area is 127 Å². The second-order valence-corrected chi connectivity index (χ2v) is 7.59. The highest BCUT2D eigenvalue weighted by atomic mass is 15.2. The van der Waals surface area contributed by atoms with E-state index in [1.807, 2.05) is 0 Å². The molecular formula is C17H37N3. The second-order valence-electron chi connectivity index (χ2n) is 7.59. The Kier molecular flexibility index (Phi) is 8.08. The molecule has 20 heavy (non-hydrogen) atoms. The largest absolute Gasteiger partial charge is 0.312 e. The molecule has 0 aromatic carbocycles. The molecule has 0 saturated carbocycles. The Hall–Kier alpha value is -0.120. The lowest BCUT2D eigenvalue weighted by Gasteiger charge is -2.27. The number of unbranched alkanes of at least 4 members (excludes halogenated alkanes) is 3. The van der Waals surface area contributed by atoms with E-state index in [1.165, 1.54) is 58.3 Å². The fraction of sp³-hybridized carbons (Fsp3) is 1.00. The van der Waals surface area contributed by atoms with E-state index in [1.54, 1.807) is 0 Å². The lowest BCUT2D eigenvalue weighted by atomic mass is 10.1. The highest BCUT2D eigenvalue weighted by molar-refractivity contribution is 4.75.